The maximum absolute atomic E-state index is 4.02. The number of rotatable bonds is 1. The van der Waals surface area contributed by atoms with Crippen molar-refractivity contribution >= 4 is 11.5 Å². The van der Waals surface area contributed by atoms with Gasteiger partial charge < -0.3 is 0 Å². The lowest BCUT2D eigenvalue weighted by Gasteiger charge is -1.91. The van der Waals surface area contributed by atoms with Gasteiger partial charge in [-0.15, -0.1) is 0 Å². The zero-order valence-corrected chi connectivity index (χ0v) is 6.64. The van der Waals surface area contributed by atoms with E-state index in [1.54, 1.807) is 6.20 Å². The summed E-state index contributed by atoms with van der Waals surface area (Å²) < 4.78 is 4.02. The molecule has 0 unspecified atom stereocenters. The monoisotopic (exact) mass is 160 g/mol. The largest absolute Gasteiger partial charge is 0.201 e. The molecule has 0 atom stereocenters. The van der Waals surface area contributed by atoms with Gasteiger partial charge in [-0.1, -0.05) is 24.3 Å². The highest BCUT2D eigenvalue weighted by atomic mass is 32.1. The summed E-state index contributed by atoms with van der Waals surface area (Å²) in [5.74, 6) is 0. The summed E-state index contributed by atoms with van der Waals surface area (Å²) in [6.45, 7) is 0. The summed E-state index contributed by atoms with van der Waals surface area (Å²) in [5.41, 5.74) is 1.12. The van der Waals surface area contributed by atoms with E-state index in [-0.39, 0.29) is 0 Å². The first kappa shape index (κ1) is 6.55. The molecule has 1 aromatic carbocycles. The lowest BCUT2D eigenvalue weighted by atomic mass is 10.2. The fourth-order valence-corrected chi connectivity index (χ4v) is 1.48. The van der Waals surface area contributed by atoms with Crippen LogP contribution in [0.1, 0.15) is 0 Å². The minimum atomic E-state index is 1.12. The van der Waals surface area contributed by atoms with Crippen molar-refractivity contribution in [3.8, 4) is 10.4 Å². The normalized spacial score (nSPS) is 9.82. The Morgan fingerprint density at radius 1 is 1.27 bits per heavy atom. The molecule has 1 aromatic heterocycles. The van der Waals surface area contributed by atoms with Crippen molar-refractivity contribution in [3.05, 3.63) is 42.6 Å². The van der Waals surface area contributed by atoms with Crippen LogP contribution >= 0.6 is 11.5 Å². The Bertz CT molecular complexity index is 313. The molecule has 11 heavy (non-hydrogen) atoms. The Labute approximate surface area is 69.5 Å². The smallest absolute Gasteiger partial charge is 0.0556 e. The molecule has 0 amide bonds. The van der Waals surface area contributed by atoms with Gasteiger partial charge in [-0.3, -0.25) is 0 Å². The van der Waals surface area contributed by atoms with Crippen LogP contribution in [0.15, 0.2) is 36.5 Å². The van der Waals surface area contributed by atoms with Crippen LogP contribution in [0.4, 0.5) is 0 Å². The number of hydrogen-bond donors (Lipinski definition) is 0. The van der Waals surface area contributed by atoms with E-state index >= 15 is 0 Å². The van der Waals surface area contributed by atoms with Gasteiger partial charge in [-0.05, 0) is 23.7 Å². The molecule has 0 saturated heterocycles. The average Bonchev–Trinajstić information content (AvgIpc) is 2.58. The topological polar surface area (TPSA) is 12.9 Å². The van der Waals surface area contributed by atoms with E-state index in [9.17, 15) is 0 Å². The minimum absolute atomic E-state index is 1.12. The van der Waals surface area contributed by atoms with Crippen molar-refractivity contribution in [2.45, 2.75) is 0 Å². The number of benzene rings is 1. The van der Waals surface area contributed by atoms with Crippen LogP contribution in [0.3, 0.4) is 0 Å². The van der Waals surface area contributed by atoms with Crippen LogP contribution in [-0.2, 0) is 0 Å². The molecule has 1 radical (unpaired) electrons. The molecule has 0 aliphatic rings. The molecule has 0 fully saturated rings. The quantitative estimate of drug-likeness (QED) is 0.625. The Hall–Kier alpha value is -1.15. The Morgan fingerprint density at radius 2 is 2.27 bits per heavy atom. The molecule has 1 heterocycles. The second-order valence-corrected chi connectivity index (χ2v) is 2.99. The Kier molecular flexibility index (Phi) is 1.69. The summed E-state index contributed by atoms with van der Waals surface area (Å²) >= 11 is 1.49. The number of hydrogen-bond acceptors (Lipinski definition) is 2. The van der Waals surface area contributed by atoms with Crippen molar-refractivity contribution < 1.29 is 0 Å². The van der Waals surface area contributed by atoms with Gasteiger partial charge in [0.15, 0.2) is 0 Å². The summed E-state index contributed by atoms with van der Waals surface area (Å²) in [6, 6.07) is 13.1. The number of aromatic nitrogens is 1. The first-order valence-electron chi connectivity index (χ1n) is 3.34. The molecule has 0 bridgehead atoms. The van der Waals surface area contributed by atoms with Crippen LogP contribution in [0.25, 0.3) is 10.4 Å². The van der Waals surface area contributed by atoms with Gasteiger partial charge in [0.25, 0.3) is 0 Å². The predicted octanol–water partition coefficient (Wildman–Crippen LogP) is 2.61. The second-order valence-electron chi connectivity index (χ2n) is 2.15. The van der Waals surface area contributed by atoms with Gasteiger partial charge in [-0.25, -0.2) is 4.37 Å². The van der Waals surface area contributed by atoms with Gasteiger partial charge >= 0.3 is 0 Å². The average molecular weight is 160 g/mol. The maximum Gasteiger partial charge on any atom is 0.0556 e. The molecular weight excluding hydrogens is 154 g/mol. The molecule has 0 spiro atoms. The predicted molar refractivity (Wildman–Crippen MR) is 46.4 cm³/mol. The van der Waals surface area contributed by atoms with Gasteiger partial charge in [0, 0.05) is 11.8 Å². The van der Waals surface area contributed by atoms with E-state index < -0.39 is 0 Å². The fourth-order valence-electron chi connectivity index (χ4n) is 0.901. The number of nitrogens with zero attached hydrogens (tertiary/aromatic N) is 1. The highest BCUT2D eigenvalue weighted by molar-refractivity contribution is 7.09. The zero-order valence-electron chi connectivity index (χ0n) is 5.82. The van der Waals surface area contributed by atoms with Crippen molar-refractivity contribution in [3.63, 3.8) is 0 Å². The Morgan fingerprint density at radius 3 is 2.91 bits per heavy atom. The second kappa shape index (κ2) is 2.84. The highest BCUT2D eigenvalue weighted by Gasteiger charge is 1.95. The van der Waals surface area contributed by atoms with Crippen molar-refractivity contribution in [1.82, 2.24) is 4.37 Å². The summed E-state index contributed by atoms with van der Waals surface area (Å²) in [7, 11) is 0. The van der Waals surface area contributed by atoms with E-state index in [2.05, 4.69) is 10.4 Å². The first-order chi connectivity index (χ1) is 5.47. The molecule has 0 N–H and O–H groups in total. The molecular formula is C9H6NS. The van der Waals surface area contributed by atoms with Crippen molar-refractivity contribution in [2.24, 2.45) is 0 Å². The van der Waals surface area contributed by atoms with Crippen LogP contribution in [0, 0.1) is 6.07 Å². The van der Waals surface area contributed by atoms with Crippen LogP contribution in [-0.4, -0.2) is 4.37 Å². The van der Waals surface area contributed by atoms with Crippen LogP contribution in [0.5, 0.6) is 0 Å². The zero-order chi connectivity index (χ0) is 7.52. The minimum Gasteiger partial charge on any atom is -0.201 e. The van der Waals surface area contributed by atoms with E-state index in [1.807, 2.05) is 30.3 Å². The summed E-state index contributed by atoms with van der Waals surface area (Å²) in [4.78, 5) is 1.17. The first-order valence-corrected chi connectivity index (χ1v) is 4.12. The third-order valence-electron chi connectivity index (χ3n) is 1.41. The standard InChI is InChI=1S/C9H6NS/c1-2-4-8(5-3-1)9-6-7-10-11-9/h1-4,6-7H. The summed E-state index contributed by atoms with van der Waals surface area (Å²) in [6.07, 6.45) is 1.81. The SMILES string of the molecule is [c]1ccccc1-c1ccns1. The lowest BCUT2D eigenvalue weighted by molar-refractivity contribution is 1.58. The Balaban J connectivity index is 2.46. The molecule has 2 rings (SSSR count). The van der Waals surface area contributed by atoms with Gasteiger partial charge in [-0.2, -0.15) is 0 Å². The summed E-state index contributed by atoms with van der Waals surface area (Å²) in [5, 5.41) is 0. The van der Waals surface area contributed by atoms with E-state index in [4.69, 9.17) is 0 Å². The van der Waals surface area contributed by atoms with Gasteiger partial charge in [0.05, 0.1) is 4.88 Å². The third-order valence-corrected chi connectivity index (χ3v) is 2.19. The van der Waals surface area contributed by atoms with E-state index in [0.717, 1.165) is 5.56 Å². The highest BCUT2D eigenvalue weighted by Crippen LogP contribution is 2.20. The maximum atomic E-state index is 4.02. The molecule has 0 aliphatic carbocycles. The third kappa shape index (κ3) is 1.30. The lowest BCUT2D eigenvalue weighted by Crippen LogP contribution is -1.68. The molecule has 2 heteroatoms. The molecule has 1 nitrogen and oxygen atoms in total. The van der Waals surface area contributed by atoms with Gasteiger partial charge in [0.2, 0.25) is 0 Å². The van der Waals surface area contributed by atoms with E-state index in [1.165, 1.54) is 16.4 Å². The fraction of sp³-hybridized carbons (Fsp3) is 0. The van der Waals surface area contributed by atoms with E-state index in [0.29, 0.717) is 0 Å². The van der Waals surface area contributed by atoms with Gasteiger partial charge in [0.1, 0.15) is 0 Å². The van der Waals surface area contributed by atoms with Crippen LogP contribution in [0.2, 0.25) is 0 Å². The molecule has 0 aliphatic heterocycles. The molecule has 53 valence electrons. The van der Waals surface area contributed by atoms with Crippen molar-refractivity contribution in [2.75, 3.05) is 0 Å². The molecule has 0 saturated carbocycles. The van der Waals surface area contributed by atoms with Crippen molar-refractivity contribution in [1.29, 1.82) is 0 Å². The van der Waals surface area contributed by atoms with Crippen LogP contribution < -0.4 is 0 Å². The molecule has 2 aromatic rings.